The van der Waals surface area contributed by atoms with Crippen molar-refractivity contribution < 1.29 is 14.3 Å². The van der Waals surface area contributed by atoms with Gasteiger partial charge >= 0.3 is 12.0 Å². The van der Waals surface area contributed by atoms with Crippen LogP contribution in [0.4, 0.5) is 4.79 Å². The minimum Gasteiger partial charge on any atom is -0.467 e. The van der Waals surface area contributed by atoms with E-state index in [0.29, 0.717) is 0 Å². The van der Waals surface area contributed by atoms with Crippen molar-refractivity contribution in [1.82, 2.24) is 10.6 Å². The fourth-order valence-corrected chi connectivity index (χ4v) is 1.83. The van der Waals surface area contributed by atoms with Crippen LogP contribution in [-0.4, -0.2) is 25.2 Å². The van der Waals surface area contributed by atoms with Gasteiger partial charge in [0.1, 0.15) is 6.04 Å². The lowest BCUT2D eigenvalue weighted by Crippen LogP contribution is -2.49. The maximum atomic E-state index is 11.9. The summed E-state index contributed by atoms with van der Waals surface area (Å²) in [6.45, 7) is 5.59. The number of rotatable bonds is 5. The van der Waals surface area contributed by atoms with Gasteiger partial charge in [0.2, 0.25) is 0 Å². The number of hydrogen-bond acceptors (Lipinski definition) is 3. The van der Waals surface area contributed by atoms with Crippen LogP contribution in [0.5, 0.6) is 0 Å². The fraction of sp³-hybridized carbons (Fsp3) is 0.467. The highest BCUT2D eigenvalue weighted by Crippen LogP contribution is 2.11. The highest BCUT2D eigenvalue weighted by atomic mass is 16.5. The van der Waals surface area contributed by atoms with Gasteiger partial charge in [0.15, 0.2) is 0 Å². The van der Waals surface area contributed by atoms with Crippen molar-refractivity contribution in [2.24, 2.45) is 5.92 Å². The quantitative estimate of drug-likeness (QED) is 0.812. The lowest BCUT2D eigenvalue weighted by Gasteiger charge is -2.22. The number of methoxy groups -OCH3 is 1. The van der Waals surface area contributed by atoms with E-state index in [4.69, 9.17) is 0 Å². The summed E-state index contributed by atoms with van der Waals surface area (Å²) in [6, 6.07) is 8.45. The van der Waals surface area contributed by atoms with E-state index in [1.165, 1.54) is 7.11 Å². The molecule has 0 unspecified atom stereocenters. The fourth-order valence-electron chi connectivity index (χ4n) is 1.83. The van der Waals surface area contributed by atoms with Crippen LogP contribution in [0.2, 0.25) is 0 Å². The monoisotopic (exact) mass is 278 g/mol. The molecule has 1 aromatic carbocycles. The number of esters is 1. The van der Waals surface area contributed by atoms with Gasteiger partial charge in [-0.05, 0) is 18.4 Å². The second kappa shape index (κ2) is 7.53. The van der Waals surface area contributed by atoms with Crippen molar-refractivity contribution in [1.29, 1.82) is 0 Å². The summed E-state index contributed by atoms with van der Waals surface area (Å²) >= 11 is 0. The van der Waals surface area contributed by atoms with Crippen LogP contribution in [0, 0.1) is 5.92 Å². The van der Waals surface area contributed by atoms with E-state index in [1.807, 2.05) is 51.1 Å². The summed E-state index contributed by atoms with van der Waals surface area (Å²) in [6.07, 6.45) is 0. The highest BCUT2D eigenvalue weighted by Gasteiger charge is 2.25. The number of urea groups is 1. The Hall–Kier alpha value is -2.04. The van der Waals surface area contributed by atoms with Gasteiger partial charge in [0.25, 0.3) is 0 Å². The average molecular weight is 278 g/mol. The number of hydrogen-bond donors (Lipinski definition) is 2. The largest absolute Gasteiger partial charge is 0.467 e. The first-order valence-corrected chi connectivity index (χ1v) is 6.65. The smallest absolute Gasteiger partial charge is 0.328 e. The second-order valence-electron chi connectivity index (χ2n) is 5.00. The van der Waals surface area contributed by atoms with Gasteiger partial charge in [0.05, 0.1) is 13.2 Å². The number of carbonyl (C=O) groups is 2. The predicted molar refractivity (Wildman–Crippen MR) is 77.2 cm³/mol. The van der Waals surface area contributed by atoms with Crippen molar-refractivity contribution >= 4 is 12.0 Å². The molecule has 20 heavy (non-hydrogen) atoms. The van der Waals surface area contributed by atoms with Crippen LogP contribution >= 0.6 is 0 Å². The van der Waals surface area contributed by atoms with Crippen LogP contribution in [0.15, 0.2) is 30.3 Å². The Kier molecular flexibility index (Phi) is 6.03. The lowest BCUT2D eigenvalue weighted by atomic mass is 10.1. The van der Waals surface area contributed by atoms with E-state index in [0.717, 1.165) is 5.56 Å². The Balaban J connectivity index is 2.60. The minimum atomic E-state index is -0.650. The van der Waals surface area contributed by atoms with Gasteiger partial charge in [0, 0.05) is 0 Å². The predicted octanol–water partition coefficient (Wildman–Crippen LogP) is 2.24. The Morgan fingerprint density at radius 1 is 1.05 bits per heavy atom. The van der Waals surface area contributed by atoms with Crippen molar-refractivity contribution in [3.8, 4) is 0 Å². The molecule has 0 saturated carbocycles. The molecule has 5 heteroatoms. The molecule has 2 atom stereocenters. The van der Waals surface area contributed by atoms with Gasteiger partial charge in [-0.15, -0.1) is 0 Å². The standard InChI is InChI=1S/C15H22N2O3/c1-10(2)13(14(18)20-4)17-15(19)16-11(3)12-8-6-5-7-9-12/h5-11,13H,1-4H3,(H2,16,17,19)/t11-,13-/m0/s1. The van der Waals surface area contributed by atoms with E-state index in [1.54, 1.807) is 0 Å². The first-order valence-electron chi connectivity index (χ1n) is 6.65. The molecule has 0 spiro atoms. The van der Waals surface area contributed by atoms with Crippen LogP contribution in [0.3, 0.4) is 0 Å². The molecule has 0 aliphatic heterocycles. The van der Waals surface area contributed by atoms with Crippen LogP contribution in [0.25, 0.3) is 0 Å². The second-order valence-corrected chi connectivity index (χ2v) is 5.00. The van der Waals surface area contributed by atoms with Crippen LogP contribution in [-0.2, 0) is 9.53 Å². The summed E-state index contributed by atoms with van der Waals surface area (Å²) in [7, 11) is 1.31. The van der Waals surface area contributed by atoms with E-state index in [-0.39, 0.29) is 18.0 Å². The summed E-state index contributed by atoms with van der Waals surface area (Å²) in [5.41, 5.74) is 1.00. The molecule has 110 valence electrons. The zero-order valence-corrected chi connectivity index (χ0v) is 12.3. The maximum absolute atomic E-state index is 11.9. The molecular weight excluding hydrogens is 256 g/mol. The summed E-state index contributed by atoms with van der Waals surface area (Å²) < 4.78 is 4.68. The lowest BCUT2D eigenvalue weighted by molar-refractivity contribution is -0.143. The molecule has 0 bridgehead atoms. The minimum absolute atomic E-state index is 0.0415. The average Bonchev–Trinajstić information content (AvgIpc) is 2.44. The Labute approximate surface area is 119 Å². The Morgan fingerprint density at radius 3 is 2.15 bits per heavy atom. The van der Waals surface area contributed by atoms with E-state index in [9.17, 15) is 9.59 Å². The number of carbonyl (C=O) groups excluding carboxylic acids is 2. The van der Waals surface area contributed by atoms with E-state index >= 15 is 0 Å². The Bertz CT molecular complexity index is 446. The van der Waals surface area contributed by atoms with Crippen molar-refractivity contribution in [3.05, 3.63) is 35.9 Å². The molecule has 2 N–H and O–H groups in total. The molecule has 1 aromatic rings. The van der Waals surface area contributed by atoms with Gasteiger partial charge < -0.3 is 15.4 Å². The number of nitrogens with one attached hydrogen (secondary N) is 2. The first kappa shape index (κ1) is 16.0. The van der Waals surface area contributed by atoms with Crippen LogP contribution in [0.1, 0.15) is 32.4 Å². The molecular formula is C15H22N2O3. The van der Waals surface area contributed by atoms with E-state index in [2.05, 4.69) is 15.4 Å². The zero-order chi connectivity index (χ0) is 15.1. The first-order chi connectivity index (χ1) is 9.45. The van der Waals surface area contributed by atoms with Crippen LogP contribution < -0.4 is 10.6 Å². The third-order valence-electron chi connectivity index (χ3n) is 3.06. The Morgan fingerprint density at radius 2 is 1.65 bits per heavy atom. The maximum Gasteiger partial charge on any atom is 0.328 e. The molecule has 5 nitrogen and oxygen atoms in total. The van der Waals surface area contributed by atoms with E-state index < -0.39 is 12.0 Å². The van der Waals surface area contributed by atoms with Gasteiger partial charge in [-0.2, -0.15) is 0 Å². The number of ether oxygens (including phenoxy) is 1. The summed E-state index contributed by atoms with van der Waals surface area (Å²) in [4.78, 5) is 23.5. The molecule has 0 radical (unpaired) electrons. The number of benzene rings is 1. The summed E-state index contributed by atoms with van der Waals surface area (Å²) in [5, 5.41) is 5.45. The summed E-state index contributed by atoms with van der Waals surface area (Å²) in [5.74, 6) is -0.484. The molecule has 0 fully saturated rings. The number of amides is 2. The van der Waals surface area contributed by atoms with Gasteiger partial charge in [-0.3, -0.25) is 0 Å². The molecule has 0 aromatic heterocycles. The topological polar surface area (TPSA) is 67.4 Å². The van der Waals surface area contributed by atoms with Crippen molar-refractivity contribution in [3.63, 3.8) is 0 Å². The molecule has 0 aliphatic rings. The zero-order valence-electron chi connectivity index (χ0n) is 12.3. The van der Waals surface area contributed by atoms with Crippen molar-refractivity contribution in [2.75, 3.05) is 7.11 Å². The normalized spacial score (nSPS) is 13.4. The highest BCUT2D eigenvalue weighted by molar-refractivity contribution is 5.83. The molecule has 2 amide bonds. The van der Waals surface area contributed by atoms with Gasteiger partial charge in [-0.1, -0.05) is 44.2 Å². The molecule has 0 saturated heterocycles. The molecule has 0 aliphatic carbocycles. The third kappa shape index (κ3) is 4.57. The molecule has 0 heterocycles. The third-order valence-corrected chi connectivity index (χ3v) is 3.06. The van der Waals surface area contributed by atoms with Gasteiger partial charge in [-0.25, -0.2) is 9.59 Å². The SMILES string of the molecule is COC(=O)[C@@H](NC(=O)N[C@@H](C)c1ccccc1)C(C)C. The van der Waals surface area contributed by atoms with Crippen molar-refractivity contribution in [2.45, 2.75) is 32.9 Å². The molecule has 1 rings (SSSR count).